The van der Waals surface area contributed by atoms with Crippen LogP contribution >= 0.6 is 23.2 Å². The van der Waals surface area contributed by atoms with E-state index in [-0.39, 0.29) is 17.6 Å². The predicted octanol–water partition coefficient (Wildman–Crippen LogP) is 5.14. The maximum absolute atomic E-state index is 13.1. The van der Waals surface area contributed by atoms with Gasteiger partial charge in [0, 0.05) is 32.8 Å². The van der Waals surface area contributed by atoms with Crippen LogP contribution in [0.2, 0.25) is 10.0 Å². The molecule has 0 bridgehead atoms. The number of para-hydroxylation sites is 1. The summed E-state index contributed by atoms with van der Waals surface area (Å²) in [7, 11) is 0. The molecule has 1 amide bonds. The molecule has 1 spiro atoms. The van der Waals surface area contributed by atoms with Gasteiger partial charge in [0.15, 0.2) is 5.54 Å². The Hall–Kier alpha value is -3.13. The van der Waals surface area contributed by atoms with Crippen molar-refractivity contribution in [3.63, 3.8) is 0 Å². The number of halogens is 2. The van der Waals surface area contributed by atoms with Crippen molar-refractivity contribution in [1.82, 2.24) is 5.32 Å². The first kappa shape index (κ1) is 22.7. The largest absolute Gasteiger partial charge is 0.487 e. The van der Waals surface area contributed by atoms with Crippen LogP contribution in [0.5, 0.6) is 5.75 Å². The number of carbonyl (C=O) groups is 1. The fourth-order valence-corrected chi connectivity index (χ4v) is 5.60. The molecule has 3 aromatic carbocycles. The van der Waals surface area contributed by atoms with Gasteiger partial charge in [0.2, 0.25) is 0 Å². The number of rotatable bonds is 5. The lowest BCUT2D eigenvalue weighted by atomic mass is 9.78. The van der Waals surface area contributed by atoms with Crippen LogP contribution in [0, 0.1) is 10.1 Å². The van der Waals surface area contributed by atoms with Gasteiger partial charge in [0.25, 0.3) is 11.9 Å². The zero-order chi connectivity index (χ0) is 24.0. The van der Waals surface area contributed by atoms with Gasteiger partial charge < -0.3 is 10.1 Å². The maximum atomic E-state index is 13.1. The lowest BCUT2D eigenvalue weighted by Gasteiger charge is -2.25. The number of anilines is 1. The summed E-state index contributed by atoms with van der Waals surface area (Å²) in [5, 5.41) is 19.4. The van der Waals surface area contributed by atoms with E-state index in [4.69, 9.17) is 27.9 Å². The molecule has 174 valence electrons. The Bertz CT molecular complexity index is 1300. The first-order valence-electron chi connectivity index (χ1n) is 10.8. The Morgan fingerprint density at radius 2 is 1.79 bits per heavy atom. The Morgan fingerprint density at radius 3 is 2.53 bits per heavy atom. The summed E-state index contributed by atoms with van der Waals surface area (Å²) < 4.78 is 5.85. The number of nitrogens with zero attached hydrogens (tertiary/aromatic N) is 1. The molecular formula is C25H21Cl2N3O4. The minimum absolute atomic E-state index is 0.234. The second-order valence-electron chi connectivity index (χ2n) is 8.57. The van der Waals surface area contributed by atoms with Crippen LogP contribution in [0.1, 0.15) is 29.5 Å². The molecule has 9 heteroatoms. The molecule has 0 unspecified atom stereocenters. The summed E-state index contributed by atoms with van der Waals surface area (Å²) in [5.74, 6) is -0.571. The Labute approximate surface area is 206 Å². The molecule has 2 N–H and O–H groups in total. The van der Waals surface area contributed by atoms with Crippen LogP contribution in [0.15, 0.2) is 66.7 Å². The molecule has 4 atom stereocenters. The number of nitro groups is 1. The normalized spacial score (nSPS) is 25.3. The molecule has 2 aliphatic heterocycles. The standard InChI is InChI=1S/C25H21Cl2N3O4/c1-14-22(15-10-11-21(19(27)12-15)34-13-16-6-2-4-8-18(16)26)23(30(32)33)25(29-14)17-7-3-5-9-20(17)28-24(25)31/h2-12,14,22-23,29H,13H2,1H3,(H,28,31)/t14-,22+,23-,25-/m0/s1. The van der Waals surface area contributed by atoms with Crippen molar-refractivity contribution in [3.8, 4) is 5.75 Å². The fraction of sp³-hybridized carbons (Fsp3) is 0.240. The molecule has 34 heavy (non-hydrogen) atoms. The van der Waals surface area contributed by atoms with Gasteiger partial charge >= 0.3 is 0 Å². The molecule has 1 saturated heterocycles. The fourth-order valence-electron chi connectivity index (χ4n) is 5.17. The zero-order valence-electron chi connectivity index (χ0n) is 18.1. The first-order valence-corrected chi connectivity index (χ1v) is 11.6. The van der Waals surface area contributed by atoms with Crippen LogP contribution in [0.4, 0.5) is 5.69 Å². The number of fused-ring (bicyclic) bond motifs is 2. The molecular weight excluding hydrogens is 477 g/mol. The third-order valence-corrected chi connectivity index (χ3v) is 7.31. The van der Waals surface area contributed by atoms with Gasteiger partial charge in [-0.05, 0) is 36.8 Å². The third-order valence-electron chi connectivity index (χ3n) is 6.65. The lowest BCUT2D eigenvalue weighted by molar-refractivity contribution is -0.532. The molecule has 2 aliphatic rings. The number of hydrogen-bond acceptors (Lipinski definition) is 5. The number of benzene rings is 3. The van der Waals surface area contributed by atoms with Gasteiger partial charge in [-0.2, -0.15) is 0 Å². The predicted molar refractivity (Wildman–Crippen MR) is 130 cm³/mol. The average molecular weight is 498 g/mol. The van der Waals surface area contributed by atoms with Crippen LogP contribution < -0.4 is 15.4 Å². The van der Waals surface area contributed by atoms with E-state index in [1.54, 1.807) is 48.5 Å². The van der Waals surface area contributed by atoms with Gasteiger partial charge in [-0.1, -0.05) is 65.7 Å². The van der Waals surface area contributed by atoms with Crippen molar-refractivity contribution >= 4 is 34.8 Å². The van der Waals surface area contributed by atoms with E-state index >= 15 is 0 Å². The van der Waals surface area contributed by atoms with Crippen LogP contribution in [-0.2, 0) is 16.9 Å². The van der Waals surface area contributed by atoms with Crippen molar-refractivity contribution in [1.29, 1.82) is 0 Å². The van der Waals surface area contributed by atoms with Gasteiger partial charge in [0.1, 0.15) is 12.4 Å². The van der Waals surface area contributed by atoms with E-state index in [0.717, 1.165) is 5.56 Å². The number of hydrogen-bond donors (Lipinski definition) is 2. The number of amides is 1. The SMILES string of the molecule is C[C@@H]1N[C@]2(C(=O)Nc3ccccc32)[C@@H]([N+](=O)[O-])[C@H]1c1ccc(OCc2ccccc2Cl)c(Cl)c1. The van der Waals surface area contributed by atoms with Gasteiger partial charge in [-0.25, -0.2) is 0 Å². The highest BCUT2D eigenvalue weighted by atomic mass is 35.5. The maximum Gasteiger partial charge on any atom is 0.256 e. The van der Waals surface area contributed by atoms with E-state index in [9.17, 15) is 14.9 Å². The summed E-state index contributed by atoms with van der Waals surface area (Å²) in [4.78, 5) is 25.2. The smallest absolute Gasteiger partial charge is 0.256 e. The lowest BCUT2D eigenvalue weighted by Crippen LogP contribution is -2.54. The molecule has 0 radical (unpaired) electrons. The van der Waals surface area contributed by atoms with E-state index in [1.165, 1.54) is 0 Å². The summed E-state index contributed by atoms with van der Waals surface area (Å²) in [6.45, 7) is 2.08. The first-order chi connectivity index (χ1) is 16.3. The zero-order valence-corrected chi connectivity index (χ0v) is 19.6. The Balaban J connectivity index is 1.48. The van der Waals surface area contributed by atoms with Crippen molar-refractivity contribution in [2.75, 3.05) is 5.32 Å². The van der Waals surface area contributed by atoms with Crippen molar-refractivity contribution in [2.24, 2.45) is 0 Å². The van der Waals surface area contributed by atoms with Crippen molar-refractivity contribution in [2.45, 2.75) is 37.1 Å². The molecule has 3 aromatic rings. The molecule has 0 aliphatic carbocycles. The van der Waals surface area contributed by atoms with E-state index in [1.807, 2.05) is 25.1 Å². The molecule has 2 heterocycles. The summed E-state index contributed by atoms with van der Waals surface area (Å²) >= 11 is 12.7. The average Bonchev–Trinajstić information content (AvgIpc) is 3.28. The van der Waals surface area contributed by atoms with Gasteiger partial charge in [-0.3, -0.25) is 20.2 Å². The minimum Gasteiger partial charge on any atom is -0.487 e. The van der Waals surface area contributed by atoms with Crippen LogP contribution in [-0.4, -0.2) is 22.9 Å². The molecule has 1 fully saturated rings. The molecule has 0 saturated carbocycles. The highest BCUT2D eigenvalue weighted by Gasteiger charge is 2.67. The molecule has 0 aromatic heterocycles. The summed E-state index contributed by atoms with van der Waals surface area (Å²) in [6.07, 6.45) is 0. The van der Waals surface area contributed by atoms with Gasteiger partial charge in [0.05, 0.1) is 10.9 Å². The highest BCUT2D eigenvalue weighted by molar-refractivity contribution is 6.32. The topological polar surface area (TPSA) is 93.5 Å². The van der Waals surface area contributed by atoms with E-state index < -0.39 is 23.4 Å². The summed E-state index contributed by atoms with van der Waals surface area (Å²) in [5.41, 5.74) is 1.18. The van der Waals surface area contributed by atoms with E-state index in [2.05, 4.69) is 10.6 Å². The van der Waals surface area contributed by atoms with Crippen molar-refractivity contribution < 1.29 is 14.5 Å². The number of carbonyl (C=O) groups excluding carboxylic acids is 1. The van der Waals surface area contributed by atoms with Crippen LogP contribution in [0.25, 0.3) is 0 Å². The third kappa shape index (κ3) is 3.52. The van der Waals surface area contributed by atoms with Crippen molar-refractivity contribution in [3.05, 3.63) is 104 Å². The van der Waals surface area contributed by atoms with E-state index in [0.29, 0.717) is 32.6 Å². The second kappa shape index (κ2) is 8.58. The number of nitrogens with one attached hydrogen (secondary N) is 2. The number of ether oxygens (including phenoxy) is 1. The second-order valence-corrected chi connectivity index (χ2v) is 9.38. The van der Waals surface area contributed by atoms with Gasteiger partial charge in [-0.15, -0.1) is 0 Å². The Morgan fingerprint density at radius 1 is 1.06 bits per heavy atom. The molecule has 7 nitrogen and oxygen atoms in total. The Kier molecular flexibility index (Phi) is 5.72. The summed E-state index contributed by atoms with van der Waals surface area (Å²) in [6, 6.07) is 18.0. The monoisotopic (exact) mass is 497 g/mol. The minimum atomic E-state index is -1.46. The highest BCUT2D eigenvalue weighted by Crippen LogP contribution is 2.50. The van der Waals surface area contributed by atoms with Crippen LogP contribution in [0.3, 0.4) is 0 Å². The molecule has 5 rings (SSSR count). The quantitative estimate of drug-likeness (QED) is 0.375.